The van der Waals surface area contributed by atoms with E-state index in [2.05, 4.69) is 10.6 Å². The number of Topliss-reactive ketones (excluding diaryl/α,β-unsaturated/α-hetero) is 1. The van der Waals surface area contributed by atoms with E-state index in [4.69, 9.17) is 4.74 Å². The summed E-state index contributed by atoms with van der Waals surface area (Å²) < 4.78 is 5.13. The first-order chi connectivity index (χ1) is 14.1. The summed E-state index contributed by atoms with van der Waals surface area (Å²) in [6.45, 7) is 5.61. The van der Waals surface area contributed by atoms with Gasteiger partial charge < -0.3 is 25.3 Å². The number of nitrogens with one attached hydrogen (secondary N) is 2. The molecule has 2 aliphatic rings. The van der Waals surface area contributed by atoms with E-state index >= 15 is 0 Å². The summed E-state index contributed by atoms with van der Waals surface area (Å²) >= 11 is 0. The highest BCUT2D eigenvalue weighted by Gasteiger charge is 2.37. The van der Waals surface area contributed by atoms with E-state index in [9.17, 15) is 24.3 Å². The summed E-state index contributed by atoms with van der Waals surface area (Å²) in [5, 5.41) is 15.5. The third-order valence-electron chi connectivity index (χ3n) is 5.31. The van der Waals surface area contributed by atoms with Crippen molar-refractivity contribution < 1.29 is 29.0 Å². The van der Waals surface area contributed by atoms with Gasteiger partial charge in [-0.1, -0.05) is 12.5 Å². The maximum atomic E-state index is 12.5. The monoisotopic (exact) mass is 420 g/mol. The molecule has 8 nitrogen and oxygen atoms in total. The maximum absolute atomic E-state index is 12.5. The van der Waals surface area contributed by atoms with E-state index in [1.165, 1.54) is 6.08 Å². The van der Waals surface area contributed by atoms with Gasteiger partial charge in [-0.3, -0.25) is 9.59 Å². The zero-order valence-corrected chi connectivity index (χ0v) is 17.9. The van der Waals surface area contributed by atoms with Gasteiger partial charge in [0.25, 0.3) is 5.91 Å². The van der Waals surface area contributed by atoms with Crippen LogP contribution in [0.2, 0.25) is 0 Å². The number of ether oxygens (including phenoxy) is 1. The number of aldehydes is 1. The molecule has 0 bridgehead atoms. The highest BCUT2D eigenvalue weighted by atomic mass is 16.6. The summed E-state index contributed by atoms with van der Waals surface area (Å²) in [6, 6.07) is -0.724. The van der Waals surface area contributed by atoms with Crippen molar-refractivity contribution in [1.29, 1.82) is 0 Å². The number of hydrogen-bond acceptors (Lipinski definition) is 6. The minimum atomic E-state index is -0.724. The number of aliphatic hydroxyl groups excluding tert-OH is 1. The van der Waals surface area contributed by atoms with Crippen molar-refractivity contribution in [1.82, 2.24) is 10.6 Å². The predicted molar refractivity (Wildman–Crippen MR) is 111 cm³/mol. The highest BCUT2D eigenvalue weighted by molar-refractivity contribution is 6.27. The Balaban J connectivity index is 1.88. The fraction of sp³-hybridized carbons (Fsp3) is 0.636. The number of allylic oxidation sites excluding steroid dienone is 2. The lowest BCUT2D eigenvalue weighted by atomic mass is 9.93. The van der Waals surface area contributed by atoms with Crippen molar-refractivity contribution in [2.45, 2.75) is 70.9 Å². The minimum Gasteiger partial charge on any atom is -0.507 e. The third-order valence-corrected chi connectivity index (χ3v) is 5.31. The van der Waals surface area contributed by atoms with Crippen LogP contribution < -0.4 is 10.6 Å². The SMILES string of the molecule is CC(C)(C)OC(=O)NCCCC1NC(=O)/C(=C(\O)C=CC2CCCC2CC=O)C1=O. The number of hydrogen-bond donors (Lipinski definition) is 3. The Morgan fingerprint density at radius 1 is 1.30 bits per heavy atom. The molecule has 1 saturated heterocycles. The van der Waals surface area contributed by atoms with Crippen LogP contribution in [0.1, 0.15) is 59.3 Å². The Labute approximate surface area is 177 Å². The number of ketones is 1. The number of carbonyl (C=O) groups excluding carboxylic acids is 4. The lowest BCUT2D eigenvalue weighted by Gasteiger charge is -2.19. The van der Waals surface area contributed by atoms with Gasteiger partial charge in [0.1, 0.15) is 23.2 Å². The van der Waals surface area contributed by atoms with E-state index in [-0.39, 0.29) is 23.2 Å². The molecule has 2 amide bonds. The van der Waals surface area contributed by atoms with Crippen LogP contribution in [-0.4, -0.2) is 47.4 Å². The first-order valence-electron chi connectivity index (χ1n) is 10.5. The first-order valence-corrected chi connectivity index (χ1v) is 10.5. The Kier molecular flexibility index (Phi) is 8.20. The molecule has 2 fully saturated rings. The molecule has 0 spiro atoms. The molecular formula is C22H32N2O6. The maximum Gasteiger partial charge on any atom is 0.407 e. The van der Waals surface area contributed by atoms with Gasteiger partial charge in [0.2, 0.25) is 0 Å². The molecule has 3 atom stereocenters. The van der Waals surface area contributed by atoms with Crippen molar-refractivity contribution in [3.05, 3.63) is 23.5 Å². The fourth-order valence-electron chi connectivity index (χ4n) is 3.87. The zero-order chi connectivity index (χ0) is 22.3. The molecule has 1 aliphatic heterocycles. The number of aliphatic hydroxyl groups is 1. The van der Waals surface area contributed by atoms with Crippen LogP contribution in [0.25, 0.3) is 0 Å². The molecular weight excluding hydrogens is 388 g/mol. The predicted octanol–water partition coefficient (Wildman–Crippen LogP) is 2.73. The van der Waals surface area contributed by atoms with Crippen LogP contribution in [0.5, 0.6) is 0 Å². The third kappa shape index (κ3) is 6.71. The molecule has 1 saturated carbocycles. The molecule has 30 heavy (non-hydrogen) atoms. The van der Waals surface area contributed by atoms with Gasteiger partial charge in [0.15, 0.2) is 5.78 Å². The fourth-order valence-corrected chi connectivity index (χ4v) is 3.87. The van der Waals surface area contributed by atoms with Crippen LogP contribution in [0.15, 0.2) is 23.5 Å². The molecule has 1 heterocycles. The molecule has 2 rings (SSSR count). The highest BCUT2D eigenvalue weighted by Crippen LogP contribution is 2.34. The molecule has 8 heteroatoms. The summed E-state index contributed by atoms with van der Waals surface area (Å²) in [7, 11) is 0. The number of amides is 2. The topological polar surface area (TPSA) is 122 Å². The van der Waals surface area contributed by atoms with E-state index in [0.29, 0.717) is 25.8 Å². The summed E-state index contributed by atoms with van der Waals surface area (Å²) in [4.78, 5) is 47.1. The number of alkyl carbamates (subject to hydrolysis) is 1. The molecule has 3 N–H and O–H groups in total. The van der Waals surface area contributed by atoms with Crippen LogP contribution in [-0.2, 0) is 19.1 Å². The molecule has 0 radical (unpaired) electrons. The van der Waals surface area contributed by atoms with E-state index in [0.717, 1.165) is 25.5 Å². The lowest BCUT2D eigenvalue weighted by molar-refractivity contribution is -0.117. The van der Waals surface area contributed by atoms with Gasteiger partial charge in [0.05, 0.1) is 6.04 Å². The molecule has 1 aliphatic carbocycles. The van der Waals surface area contributed by atoms with Crippen LogP contribution in [0.4, 0.5) is 4.79 Å². The Bertz CT molecular complexity index is 734. The summed E-state index contributed by atoms with van der Waals surface area (Å²) in [6.07, 6.45) is 7.76. The van der Waals surface area contributed by atoms with E-state index < -0.39 is 29.4 Å². The average molecular weight is 421 g/mol. The summed E-state index contributed by atoms with van der Waals surface area (Å²) in [5.41, 5.74) is -0.822. The number of rotatable bonds is 8. The van der Waals surface area contributed by atoms with Gasteiger partial charge in [-0.15, -0.1) is 0 Å². The summed E-state index contributed by atoms with van der Waals surface area (Å²) in [5.74, 6) is -0.982. The van der Waals surface area contributed by atoms with Gasteiger partial charge in [0, 0.05) is 13.0 Å². The lowest BCUT2D eigenvalue weighted by Crippen LogP contribution is -2.34. The largest absolute Gasteiger partial charge is 0.507 e. The Morgan fingerprint density at radius 2 is 2.03 bits per heavy atom. The van der Waals surface area contributed by atoms with Gasteiger partial charge in [-0.05, 0) is 64.4 Å². The van der Waals surface area contributed by atoms with E-state index in [1.807, 2.05) is 0 Å². The molecule has 0 aromatic heterocycles. The van der Waals surface area contributed by atoms with Crippen LogP contribution in [0.3, 0.4) is 0 Å². The van der Waals surface area contributed by atoms with Crippen molar-refractivity contribution in [2.24, 2.45) is 11.8 Å². The average Bonchev–Trinajstić information content (AvgIpc) is 3.19. The smallest absolute Gasteiger partial charge is 0.407 e. The standard InChI is InChI=1S/C22H32N2O6/c1-22(2,3)30-21(29)23-12-5-8-16-19(27)18(20(28)24-16)17(26)10-9-14-6-4-7-15(14)11-13-25/h9-10,13-16,26H,4-8,11-12H2,1-3H3,(H,23,29)(H,24,28)/b10-9?,18-17-. The minimum absolute atomic E-state index is 0.159. The van der Waals surface area contributed by atoms with E-state index in [1.54, 1.807) is 26.8 Å². The van der Waals surface area contributed by atoms with Crippen molar-refractivity contribution >= 4 is 24.1 Å². The van der Waals surface area contributed by atoms with Crippen molar-refractivity contribution in [2.75, 3.05) is 6.54 Å². The molecule has 3 unspecified atom stereocenters. The molecule has 0 aromatic rings. The van der Waals surface area contributed by atoms with Crippen molar-refractivity contribution in [3.8, 4) is 0 Å². The first kappa shape index (κ1) is 23.6. The van der Waals surface area contributed by atoms with Crippen LogP contribution in [0, 0.1) is 11.8 Å². The van der Waals surface area contributed by atoms with Crippen molar-refractivity contribution in [3.63, 3.8) is 0 Å². The molecule has 0 aromatic carbocycles. The Hall–Kier alpha value is -2.64. The second kappa shape index (κ2) is 10.4. The number of carbonyl (C=O) groups is 4. The van der Waals surface area contributed by atoms with Gasteiger partial charge >= 0.3 is 6.09 Å². The second-order valence-electron chi connectivity index (χ2n) is 8.84. The zero-order valence-electron chi connectivity index (χ0n) is 17.9. The van der Waals surface area contributed by atoms with Crippen LogP contribution >= 0.6 is 0 Å². The van der Waals surface area contributed by atoms with Gasteiger partial charge in [-0.2, -0.15) is 0 Å². The van der Waals surface area contributed by atoms with Gasteiger partial charge in [-0.25, -0.2) is 4.79 Å². The second-order valence-corrected chi connectivity index (χ2v) is 8.84. The Morgan fingerprint density at radius 3 is 2.70 bits per heavy atom. The molecule has 166 valence electrons. The normalized spacial score (nSPS) is 26.0. The quantitative estimate of drug-likeness (QED) is 0.182.